The van der Waals surface area contributed by atoms with E-state index in [9.17, 15) is 9.59 Å². The Hall–Kier alpha value is -2.47. The smallest absolute Gasteiger partial charge is 0.263 e. The van der Waals surface area contributed by atoms with Crippen molar-refractivity contribution >= 4 is 33.1 Å². The van der Waals surface area contributed by atoms with Crippen LogP contribution in [-0.2, 0) is 17.8 Å². The Balaban J connectivity index is 1.94. The average molecular weight is 355 g/mol. The lowest BCUT2D eigenvalue weighted by Gasteiger charge is -2.12. The van der Waals surface area contributed by atoms with Gasteiger partial charge in [0, 0.05) is 10.6 Å². The Morgan fingerprint density at radius 2 is 1.96 bits per heavy atom. The number of anilines is 1. The number of carbonyl (C=O) groups is 1. The van der Waals surface area contributed by atoms with E-state index in [1.165, 1.54) is 15.9 Å². The predicted octanol–water partition coefficient (Wildman–Crippen LogP) is 3.58. The van der Waals surface area contributed by atoms with Crippen LogP contribution in [0.5, 0.6) is 0 Å². The van der Waals surface area contributed by atoms with Crippen LogP contribution in [0.3, 0.4) is 0 Å². The molecule has 3 rings (SSSR count). The summed E-state index contributed by atoms with van der Waals surface area (Å²) in [5, 5.41) is 3.53. The van der Waals surface area contributed by atoms with Gasteiger partial charge < -0.3 is 5.32 Å². The first-order valence-electron chi connectivity index (χ1n) is 8.27. The monoisotopic (exact) mass is 355 g/mol. The Labute approximate surface area is 150 Å². The number of carbonyl (C=O) groups excluding carboxylic acids is 1. The average Bonchev–Trinajstić information content (AvgIpc) is 2.86. The summed E-state index contributed by atoms with van der Waals surface area (Å²) in [7, 11) is 0. The number of para-hydroxylation sites is 1. The lowest BCUT2D eigenvalue weighted by atomic mass is 10.1. The molecule has 5 nitrogen and oxygen atoms in total. The van der Waals surface area contributed by atoms with E-state index in [2.05, 4.69) is 10.3 Å². The minimum Gasteiger partial charge on any atom is -0.324 e. The van der Waals surface area contributed by atoms with Gasteiger partial charge >= 0.3 is 0 Å². The number of amides is 1. The van der Waals surface area contributed by atoms with Crippen LogP contribution < -0.4 is 10.9 Å². The second-order valence-electron chi connectivity index (χ2n) is 6.07. The molecule has 1 amide bonds. The maximum atomic E-state index is 12.8. The van der Waals surface area contributed by atoms with Crippen LogP contribution in [0.2, 0.25) is 0 Å². The molecule has 0 unspecified atom stereocenters. The van der Waals surface area contributed by atoms with Gasteiger partial charge in [-0.05, 0) is 44.4 Å². The topological polar surface area (TPSA) is 64.0 Å². The van der Waals surface area contributed by atoms with Gasteiger partial charge in [-0.25, -0.2) is 4.98 Å². The molecule has 3 aromatic rings. The molecular formula is C19H21N3O2S. The molecule has 130 valence electrons. The lowest BCUT2D eigenvalue weighted by Crippen LogP contribution is -2.30. The second-order valence-corrected chi connectivity index (χ2v) is 7.28. The number of nitrogens with zero attached hydrogens (tertiary/aromatic N) is 2. The van der Waals surface area contributed by atoms with E-state index in [0.29, 0.717) is 11.2 Å². The number of hydrogen-bond donors (Lipinski definition) is 1. The molecule has 0 radical (unpaired) electrons. The lowest BCUT2D eigenvalue weighted by molar-refractivity contribution is -0.116. The van der Waals surface area contributed by atoms with Crippen LogP contribution in [0.4, 0.5) is 5.69 Å². The van der Waals surface area contributed by atoms with Gasteiger partial charge in [-0.1, -0.05) is 25.1 Å². The zero-order valence-corrected chi connectivity index (χ0v) is 15.7. The molecule has 1 aromatic carbocycles. The highest BCUT2D eigenvalue weighted by atomic mass is 32.1. The number of fused-ring (bicyclic) bond motifs is 1. The van der Waals surface area contributed by atoms with E-state index in [4.69, 9.17) is 0 Å². The van der Waals surface area contributed by atoms with Crippen molar-refractivity contribution in [2.75, 3.05) is 5.32 Å². The maximum Gasteiger partial charge on any atom is 0.263 e. The summed E-state index contributed by atoms with van der Waals surface area (Å²) in [4.78, 5) is 31.7. The SMILES string of the molecule is CCc1ccccc1NC(=O)Cn1c(C)nc2sc(C)c(C)c2c1=O. The molecule has 0 aliphatic rings. The number of thiophene rings is 1. The first-order valence-corrected chi connectivity index (χ1v) is 9.09. The van der Waals surface area contributed by atoms with E-state index >= 15 is 0 Å². The van der Waals surface area contributed by atoms with E-state index in [0.717, 1.165) is 32.9 Å². The zero-order chi connectivity index (χ0) is 18.1. The van der Waals surface area contributed by atoms with Crippen LogP contribution >= 0.6 is 11.3 Å². The van der Waals surface area contributed by atoms with Crippen molar-refractivity contribution in [2.45, 2.75) is 40.7 Å². The molecule has 2 heterocycles. The first-order chi connectivity index (χ1) is 11.9. The fourth-order valence-electron chi connectivity index (χ4n) is 2.90. The Morgan fingerprint density at radius 1 is 1.24 bits per heavy atom. The molecule has 6 heteroatoms. The molecule has 0 saturated carbocycles. The van der Waals surface area contributed by atoms with Crippen molar-refractivity contribution in [1.29, 1.82) is 0 Å². The van der Waals surface area contributed by atoms with Gasteiger partial charge in [0.1, 0.15) is 17.2 Å². The highest BCUT2D eigenvalue weighted by molar-refractivity contribution is 7.18. The van der Waals surface area contributed by atoms with Gasteiger partial charge in [-0.2, -0.15) is 0 Å². The third kappa shape index (κ3) is 3.22. The minimum atomic E-state index is -0.225. The quantitative estimate of drug-likeness (QED) is 0.778. The van der Waals surface area contributed by atoms with Crippen molar-refractivity contribution in [3.63, 3.8) is 0 Å². The third-order valence-corrected chi connectivity index (χ3v) is 5.55. The van der Waals surface area contributed by atoms with E-state index < -0.39 is 0 Å². The standard InChI is InChI=1S/C19H21N3O2S/c1-5-14-8-6-7-9-15(14)21-16(23)10-22-13(4)20-18-17(19(22)24)11(2)12(3)25-18/h6-9H,5,10H2,1-4H3,(H,21,23). The van der Waals surface area contributed by atoms with Crippen molar-refractivity contribution in [1.82, 2.24) is 9.55 Å². The number of nitrogens with one attached hydrogen (secondary N) is 1. The molecule has 1 N–H and O–H groups in total. The summed E-state index contributed by atoms with van der Waals surface area (Å²) in [6, 6.07) is 7.69. The summed E-state index contributed by atoms with van der Waals surface area (Å²) >= 11 is 1.52. The normalized spacial score (nSPS) is 11.0. The predicted molar refractivity (Wildman–Crippen MR) is 103 cm³/mol. The van der Waals surface area contributed by atoms with Crippen molar-refractivity contribution < 1.29 is 4.79 Å². The molecule has 0 atom stereocenters. The number of hydrogen-bond acceptors (Lipinski definition) is 4. The van der Waals surface area contributed by atoms with Crippen molar-refractivity contribution in [3.8, 4) is 0 Å². The van der Waals surface area contributed by atoms with Crippen LogP contribution in [0.15, 0.2) is 29.1 Å². The van der Waals surface area contributed by atoms with Gasteiger partial charge in [-0.15, -0.1) is 11.3 Å². The van der Waals surface area contributed by atoms with Crippen LogP contribution in [0.1, 0.15) is 28.8 Å². The largest absolute Gasteiger partial charge is 0.324 e. The summed E-state index contributed by atoms with van der Waals surface area (Å²) in [5.74, 6) is 0.328. The number of aromatic nitrogens is 2. The number of aryl methyl sites for hydroxylation is 4. The number of benzene rings is 1. The molecule has 0 fully saturated rings. The first kappa shape index (κ1) is 17.4. The summed E-state index contributed by atoms with van der Waals surface area (Å²) < 4.78 is 1.45. The molecule has 0 bridgehead atoms. The minimum absolute atomic E-state index is 0.0417. The summed E-state index contributed by atoms with van der Waals surface area (Å²) in [6.45, 7) is 7.67. The fraction of sp³-hybridized carbons (Fsp3) is 0.316. The van der Waals surface area contributed by atoms with Gasteiger partial charge in [0.05, 0.1) is 5.39 Å². The van der Waals surface area contributed by atoms with E-state index in [-0.39, 0.29) is 18.0 Å². The molecule has 0 aliphatic carbocycles. The Kier molecular flexibility index (Phi) is 4.72. The van der Waals surface area contributed by atoms with E-state index in [1.807, 2.05) is 45.0 Å². The third-order valence-electron chi connectivity index (χ3n) is 4.45. The Bertz CT molecular complexity index is 1020. The molecule has 25 heavy (non-hydrogen) atoms. The van der Waals surface area contributed by atoms with Crippen LogP contribution in [0.25, 0.3) is 10.2 Å². The maximum absolute atomic E-state index is 12.8. The van der Waals surface area contributed by atoms with Crippen molar-refractivity contribution in [2.24, 2.45) is 0 Å². The van der Waals surface area contributed by atoms with Crippen LogP contribution in [0, 0.1) is 20.8 Å². The molecule has 0 aliphatic heterocycles. The molecule has 0 saturated heterocycles. The summed E-state index contributed by atoms with van der Waals surface area (Å²) in [6.07, 6.45) is 0.830. The van der Waals surface area contributed by atoms with Gasteiger partial charge in [0.15, 0.2) is 0 Å². The zero-order valence-electron chi connectivity index (χ0n) is 14.8. The number of rotatable bonds is 4. The highest BCUT2D eigenvalue weighted by Gasteiger charge is 2.16. The van der Waals surface area contributed by atoms with Gasteiger partial charge in [-0.3, -0.25) is 14.2 Å². The molecule has 0 spiro atoms. The van der Waals surface area contributed by atoms with Gasteiger partial charge in [0.25, 0.3) is 5.56 Å². The Morgan fingerprint density at radius 3 is 2.68 bits per heavy atom. The fourth-order valence-corrected chi connectivity index (χ4v) is 3.96. The van der Waals surface area contributed by atoms with E-state index in [1.54, 1.807) is 6.92 Å². The summed E-state index contributed by atoms with van der Waals surface area (Å²) in [5.41, 5.74) is 2.65. The second kappa shape index (κ2) is 6.80. The van der Waals surface area contributed by atoms with Gasteiger partial charge in [0.2, 0.25) is 5.91 Å². The van der Waals surface area contributed by atoms with Crippen LogP contribution in [-0.4, -0.2) is 15.5 Å². The highest BCUT2D eigenvalue weighted by Crippen LogP contribution is 2.26. The molecule has 2 aromatic heterocycles. The molecular weight excluding hydrogens is 334 g/mol. The van der Waals surface area contributed by atoms with Crippen molar-refractivity contribution in [3.05, 3.63) is 56.4 Å².